The van der Waals surface area contributed by atoms with Crippen LogP contribution in [-0.4, -0.2) is 73.2 Å². The molecule has 8 nitrogen and oxygen atoms in total. The molecule has 1 N–H and O–H groups in total. The second-order valence-corrected chi connectivity index (χ2v) is 12.4. The van der Waals surface area contributed by atoms with E-state index in [1.807, 2.05) is 58.0 Å². The number of amides is 1. The number of ether oxygens (including phenoxy) is 1. The van der Waals surface area contributed by atoms with Gasteiger partial charge in [-0.05, 0) is 80.0 Å². The molecular weight excluding hydrogens is 531 g/mol. The van der Waals surface area contributed by atoms with E-state index in [9.17, 15) is 14.7 Å². The SMILES string of the molecule is Cc1c(B2OC(C)(C)C(C)(C)O2)cc(N2CCN(C(=O)OCC3c4ccccc4-c4ccccc43)CC2)cc1C(=O)O. The third-order valence-electron chi connectivity index (χ3n) is 9.41. The Bertz CT molecular complexity index is 1480. The third-order valence-corrected chi connectivity index (χ3v) is 9.41. The highest BCUT2D eigenvalue weighted by molar-refractivity contribution is 6.63. The van der Waals surface area contributed by atoms with Gasteiger partial charge in [0.1, 0.15) is 6.61 Å². The van der Waals surface area contributed by atoms with Crippen LogP contribution in [0.1, 0.15) is 60.7 Å². The highest BCUT2D eigenvalue weighted by Crippen LogP contribution is 2.44. The van der Waals surface area contributed by atoms with Gasteiger partial charge in [-0.2, -0.15) is 0 Å². The average molecular weight is 568 g/mol. The van der Waals surface area contributed by atoms with E-state index in [0.717, 1.165) is 5.69 Å². The number of rotatable bonds is 5. The molecule has 3 aromatic carbocycles. The van der Waals surface area contributed by atoms with Gasteiger partial charge in [-0.25, -0.2) is 9.59 Å². The van der Waals surface area contributed by atoms with Gasteiger partial charge in [-0.3, -0.25) is 0 Å². The molecule has 1 aliphatic carbocycles. The van der Waals surface area contributed by atoms with Crippen LogP contribution in [0.5, 0.6) is 0 Å². The molecule has 2 saturated heterocycles. The van der Waals surface area contributed by atoms with Crippen LogP contribution in [0.25, 0.3) is 11.1 Å². The Labute approximate surface area is 247 Å². The number of fused-ring (bicyclic) bond motifs is 3. The number of nitrogens with zero attached hydrogens (tertiary/aromatic N) is 2. The molecule has 0 unspecified atom stereocenters. The Morgan fingerprint density at radius 1 is 0.905 bits per heavy atom. The smallest absolute Gasteiger partial charge is 0.478 e. The van der Waals surface area contributed by atoms with Crippen LogP contribution < -0.4 is 10.4 Å². The lowest BCUT2D eigenvalue weighted by Crippen LogP contribution is -2.49. The fourth-order valence-corrected chi connectivity index (χ4v) is 6.17. The molecule has 3 aromatic rings. The van der Waals surface area contributed by atoms with Gasteiger partial charge in [-0.15, -0.1) is 0 Å². The second-order valence-electron chi connectivity index (χ2n) is 12.4. The van der Waals surface area contributed by atoms with Crippen molar-refractivity contribution in [1.82, 2.24) is 4.90 Å². The number of benzene rings is 3. The quantitative estimate of drug-likeness (QED) is 0.431. The number of carbonyl (C=O) groups is 2. The first-order valence-corrected chi connectivity index (χ1v) is 14.6. The number of aromatic carboxylic acids is 1. The first kappa shape index (κ1) is 28.3. The van der Waals surface area contributed by atoms with Crippen molar-refractivity contribution in [2.45, 2.75) is 51.7 Å². The summed E-state index contributed by atoms with van der Waals surface area (Å²) in [6.07, 6.45) is -0.329. The summed E-state index contributed by atoms with van der Waals surface area (Å²) in [6.45, 7) is 12.0. The molecule has 9 heteroatoms. The van der Waals surface area contributed by atoms with E-state index in [4.69, 9.17) is 14.0 Å². The van der Waals surface area contributed by atoms with Crippen molar-refractivity contribution in [2.24, 2.45) is 0 Å². The zero-order valence-electron chi connectivity index (χ0n) is 24.8. The van der Waals surface area contributed by atoms with Crippen LogP contribution in [0.4, 0.5) is 10.5 Å². The molecule has 6 rings (SSSR count). The van der Waals surface area contributed by atoms with Gasteiger partial charge < -0.3 is 29.0 Å². The minimum absolute atomic E-state index is 0.0121. The Balaban J connectivity index is 1.14. The lowest BCUT2D eigenvalue weighted by Gasteiger charge is -2.36. The maximum Gasteiger partial charge on any atom is 0.495 e. The monoisotopic (exact) mass is 568 g/mol. The van der Waals surface area contributed by atoms with Crippen LogP contribution in [0.2, 0.25) is 0 Å². The summed E-state index contributed by atoms with van der Waals surface area (Å²) in [7, 11) is -0.671. The zero-order valence-corrected chi connectivity index (χ0v) is 24.8. The van der Waals surface area contributed by atoms with Gasteiger partial charge in [0, 0.05) is 37.8 Å². The van der Waals surface area contributed by atoms with Gasteiger partial charge in [0.2, 0.25) is 0 Å². The normalized spacial score (nSPS) is 19.0. The van der Waals surface area contributed by atoms with Crippen LogP contribution in [-0.2, 0) is 14.0 Å². The Morgan fingerprint density at radius 2 is 1.45 bits per heavy atom. The molecule has 42 heavy (non-hydrogen) atoms. The molecule has 2 fully saturated rings. The van der Waals surface area contributed by atoms with Crippen LogP contribution in [0, 0.1) is 6.92 Å². The van der Waals surface area contributed by atoms with Crippen molar-refractivity contribution in [1.29, 1.82) is 0 Å². The Hall–Kier alpha value is -3.82. The Morgan fingerprint density at radius 3 is 2.00 bits per heavy atom. The van der Waals surface area contributed by atoms with E-state index in [1.54, 1.807) is 17.9 Å². The van der Waals surface area contributed by atoms with E-state index < -0.39 is 24.3 Å². The molecule has 3 aliphatic rings. The highest BCUT2D eigenvalue weighted by Gasteiger charge is 2.52. The number of carboxylic acids is 1. The molecule has 2 heterocycles. The average Bonchev–Trinajstić information content (AvgIpc) is 3.40. The second kappa shape index (κ2) is 10.5. The molecule has 2 aliphatic heterocycles. The highest BCUT2D eigenvalue weighted by atomic mass is 16.7. The molecule has 0 atom stereocenters. The van der Waals surface area contributed by atoms with Crippen LogP contribution in [0.3, 0.4) is 0 Å². The van der Waals surface area contributed by atoms with E-state index in [2.05, 4.69) is 29.2 Å². The fourth-order valence-electron chi connectivity index (χ4n) is 6.17. The first-order chi connectivity index (χ1) is 20.0. The van der Waals surface area contributed by atoms with Gasteiger partial charge in [0.25, 0.3) is 0 Å². The third kappa shape index (κ3) is 4.84. The van der Waals surface area contributed by atoms with E-state index in [-0.39, 0.29) is 24.2 Å². The molecular formula is C33H37BN2O6. The number of piperazine rings is 1. The number of hydrogen-bond acceptors (Lipinski definition) is 6. The van der Waals surface area contributed by atoms with Crippen molar-refractivity contribution in [3.05, 3.63) is 82.9 Å². The van der Waals surface area contributed by atoms with Crippen molar-refractivity contribution in [2.75, 3.05) is 37.7 Å². The summed E-state index contributed by atoms with van der Waals surface area (Å²) in [6, 6.07) is 20.2. The van der Waals surface area contributed by atoms with Crippen molar-refractivity contribution < 1.29 is 28.7 Å². The predicted octanol–water partition coefficient (Wildman–Crippen LogP) is 5.06. The minimum atomic E-state index is -0.996. The van der Waals surface area contributed by atoms with Crippen LogP contribution >= 0.6 is 0 Å². The van der Waals surface area contributed by atoms with E-state index >= 15 is 0 Å². The summed E-state index contributed by atoms with van der Waals surface area (Å²) < 4.78 is 18.4. The van der Waals surface area contributed by atoms with Crippen molar-refractivity contribution in [3.8, 4) is 11.1 Å². The zero-order chi connectivity index (χ0) is 29.8. The lowest BCUT2D eigenvalue weighted by atomic mass is 9.74. The summed E-state index contributed by atoms with van der Waals surface area (Å²) in [5.41, 5.74) is 6.00. The predicted molar refractivity (Wildman–Crippen MR) is 163 cm³/mol. The molecule has 0 aromatic heterocycles. The van der Waals surface area contributed by atoms with Gasteiger partial charge >= 0.3 is 19.2 Å². The van der Waals surface area contributed by atoms with Crippen LogP contribution in [0.15, 0.2) is 60.7 Å². The molecule has 0 bridgehead atoms. The van der Waals surface area contributed by atoms with E-state index in [1.165, 1.54) is 22.3 Å². The number of anilines is 1. The minimum Gasteiger partial charge on any atom is -0.478 e. The molecule has 1 amide bonds. The summed E-state index contributed by atoms with van der Waals surface area (Å²) in [5.74, 6) is -0.984. The van der Waals surface area contributed by atoms with Gasteiger partial charge in [0.15, 0.2) is 0 Å². The summed E-state index contributed by atoms with van der Waals surface area (Å²) >= 11 is 0. The molecule has 0 saturated carbocycles. The standard InChI is InChI=1S/C33H37BN2O6/c1-21-27(30(37)38)18-22(19-29(21)34-41-32(2,3)33(4,5)42-34)35-14-16-36(17-15-35)31(39)40-20-28-25-12-8-6-10-23(25)24-11-7-9-13-26(24)28/h6-13,18-19,28H,14-17,20H2,1-5H3,(H,37,38). The Kier molecular flexibility index (Phi) is 7.06. The lowest BCUT2D eigenvalue weighted by molar-refractivity contribution is 0.00578. The summed E-state index contributed by atoms with van der Waals surface area (Å²) in [5, 5.41) is 9.98. The number of carbonyl (C=O) groups excluding carboxylic acids is 1. The number of carboxylic acid groups (broad SMARTS) is 1. The van der Waals surface area contributed by atoms with Crippen molar-refractivity contribution in [3.63, 3.8) is 0 Å². The molecule has 218 valence electrons. The summed E-state index contributed by atoms with van der Waals surface area (Å²) in [4.78, 5) is 29.2. The fraction of sp³-hybridized carbons (Fsp3) is 0.394. The maximum absolute atomic E-state index is 13.1. The number of hydrogen-bond donors (Lipinski definition) is 1. The molecule has 0 spiro atoms. The first-order valence-electron chi connectivity index (χ1n) is 14.6. The van der Waals surface area contributed by atoms with Crippen molar-refractivity contribution >= 4 is 30.3 Å². The van der Waals surface area contributed by atoms with E-state index in [0.29, 0.717) is 37.2 Å². The molecule has 0 radical (unpaired) electrons. The van der Waals surface area contributed by atoms with Gasteiger partial charge in [0.05, 0.1) is 16.8 Å². The maximum atomic E-state index is 13.1. The van der Waals surface area contributed by atoms with Gasteiger partial charge in [-0.1, -0.05) is 48.5 Å². The topological polar surface area (TPSA) is 88.5 Å². The largest absolute Gasteiger partial charge is 0.495 e.